The number of ether oxygens (including phenoxy) is 1. The zero-order valence-electron chi connectivity index (χ0n) is 17.0. The van der Waals surface area contributed by atoms with Gasteiger partial charge in [0.2, 0.25) is 5.91 Å². The van der Waals surface area contributed by atoms with Crippen LogP contribution in [0.4, 0.5) is 11.4 Å². The van der Waals surface area contributed by atoms with E-state index in [0.29, 0.717) is 0 Å². The number of amides is 2. The van der Waals surface area contributed by atoms with Crippen LogP contribution >= 0.6 is 0 Å². The number of nitrogens with one attached hydrogen (secondary N) is 1. The number of hydrogen-bond donors (Lipinski definition) is 1. The molecule has 1 atom stereocenters. The lowest BCUT2D eigenvalue weighted by Gasteiger charge is -2.19. The molecule has 1 heterocycles. The van der Waals surface area contributed by atoms with Crippen molar-refractivity contribution in [1.29, 1.82) is 0 Å². The van der Waals surface area contributed by atoms with Gasteiger partial charge in [-0.3, -0.25) is 14.4 Å². The number of nitrogens with zero attached hydrogens (tertiary/aromatic N) is 1. The van der Waals surface area contributed by atoms with Crippen molar-refractivity contribution in [2.24, 2.45) is 5.92 Å². The van der Waals surface area contributed by atoms with E-state index in [1.807, 2.05) is 63.2 Å². The predicted octanol–water partition coefficient (Wildman–Crippen LogP) is 3.40. The number of esters is 1. The Morgan fingerprint density at radius 3 is 2.48 bits per heavy atom. The highest BCUT2D eigenvalue weighted by Crippen LogP contribution is 2.29. The van der Waals surface area contributed by atoms with Gasteiger partial charge < -0.3 is 15.0 Å². The highest BCUT2D eigenvalue weighted by Gasteiger charge is 2.37. The third-order valence-corrected chi connectivity index (χ3v) is 5.21. The van der Waals surface area contributed by atoms with Gasteiger partial charge in [-0.1, -0.05) is 43.3 Å². The minimum atomic E-state index is -0.569. The number of anilines is 2. The summed E-state index contributed by atoms with van der Waals surface area (Å²) in [5.41, 5.74) is 4.51. The third-order valence-electron chi connectivity index (χ3n) is 5.21. The molecule has 0 unspecified atom stereocenters. The van der Waals surface area contributed by atoms with Gasteiger partial charge in [-0.05, 0) is 43.0 Å². The van der Waals surface area contributed by atoms with Crippen LogP contribution in [-0.4, -0.2) is 30.9 Å². The number of carbonyl (C=O) groups excluding carboxylic acids is 3. The SMILES string of the molecule is CCc1ccccc1N1C[C@H](C(=O)OCC(=O)Nc2c(C)cccc2C)CC1=O. The van der Waals surface area contributed by atoms with Gasteiger partial charge in [0.15, 0.2) is 6.61 Å². The second-order valence-corrected chi connectivity index (χ2v) is 7.31. The van der Waals surface area contributed by atoms with Gasteiger partial charge in [0.05, 0.1) is 5.92 Å². The molecule has 0 bridgehead atoms. The molecule has 1 saturated heterocycles. The fourth-order valence-corrected chi connectivity index (χ4v) is 3.61. The molecule has 1 fully saturated rings. The lowest BCUT2D eigenvalue weighted by atomic mass is 10.1. The minimum Gasteiger partial charge on any atom is -0.455 e. The zero-order valence-corrected chi connectivity index (χ0v) is 17.0. The quantitative estimate of drug-likeness (QED) is 0.762. The predicted molar refractivity (Wildman–Crippen MR) is 112 cm³/mol. The van der Waals surface area contributed by atoms with Gasteiger partial charge in [0.25, 0.3) is 5.91 Å². The van der Waals surface area contributed by atoms with E-state index in [9.17, 15) is 14.4 Å². The maximum atomic E-state index is 12.5. The fourth-order valence-electron chi connectivity index (χ4n) is 3.61. The van der Waals surface area contributed by atoms with Crippen LogP contribution in [0, 0.1) is 19.8 Å². The molecule has 2 aromatic carbocycles. The maximum absolute atomic E-state index is 12.5. The van der Waals surface area contributed by atoms with Gasteiger partial charge in [0, 0.05) is 24.3 Å². The van der Waals surface area contributed by atoms with Crippen LogP contribution in [0.15, 0.2) is 42.5 Å². The van der Waals surface area contributed by atoms with E-state index in [1.165, 1.54) is 0 Å². The Kier molecular flexibility index (Phi) is 6.32. The third kappa shape index (κ3) is 4.65. The summed E-state index contributed by atoms with van der Waals surface area (Å²) in [4.78, 5) is 38.7. The molecule has 152 valence electrons. The summed E-state index contributed by atoms with van der Waals surface area (Å²) in [5, 5.41) is 2.79. The summed E-state index contributed by atoms with van der Waals surface area (Å²) in [6.07, 6.45) is 0.892. The van der Waals surface area contributed by atoms with E-state index >= 15 is 0 Å². The average molecular weight is 394 g/mol. The van der Waals surface area contributed by atoms with Crippen molar-refractivity contribution in [3.63, 3.8) is 0 Å². The van der Waals surface area contributed by atoms with Crippen molar-refractivity contribution in [2.45, 2.75) is 33.6 Å². The van der Waals surface area contributed by atoms with E-state index in [1.54, 1.807) is 4.90 Å². The summed E-state index contributed by atoms with van der Waals surface area (Å²) in [5.74, 6) is -1.59. The number of carbonyl (C=O) groups is 3. The van der Waals surface area contributed by atoms with Crippen molar-refractivity contribution < 1.29 is 19.1 Å². The molecule has 1 N–H and O–H groups in total. The van der Waals surface area contributed by atoms with Crippen molar-refractivity contribution in [2.75, 3.05) is 23.4 Å². The first-order valence-electron chi connectivity index (χ1n) is 9.81. The molecular formula is C23H26N2O4. The Labute approximate surface area is 170 Å². The largest absolute Gasteiger partial charge is 0.455 e. The average Bonchev–Trinajstić information content (AvgIpc) is 3.10. The number of hydrogen-bond acceptors (Lipinski definition) is 4. The summed E-state index contributed by atoms with van der Waals surface area (Å²) in [6.45, 7) is 5.74. The van der Waals surface area contributed by atoms with Crippen LogP contribution in [0.1, 0.15) is 30.0 Å². The lowest BCUT2D eigenvalue weighted by molar-refractivity contribution is -0.151. The molecule has 0 aromatic heterocycles. The Hall–Kier alpha value is -3.15. The number of para-hydroxylation sites is 2. The monoisotopic (exact) mass is 394 g/mol. The standard InChI is InChI=1S/C23H26N2O4/c1-4-17-10-5-6-11-19(17)25-13-18(12-21(25)27)23(28)29-14-20(26)24-22-15(2)8-7-9-16(22)3/h5-11,18H,4,12-14H2,1-3H3,(H,24,26)/t18-/m1/s1. The molecule has 1 aliphatic rings. The first kappa shape index (κ1) is 20.6. The molecule has 0 saturated carbocycles. The molecule has 2 aromatic rings. The molecule has 29 heavy (non-hydrogen) atoms. The van der Waals surface area contributed by atoms with E-state index in [-0.39, 0.29) is 25.5 Å². The second kappa shape index (κ2) is 8.90. The molecule has 2 amide bonds. The zero-order chi connectivity index (χ0) is 21.0. The normalized spacial score (nSPS) is 16.0. The maximum Gasteiger partial charge on any atom is 0.311 e. The smallest absolute Gasteiger partial charge is 0.311 e. The molecule has 0 aliphatic carbocycles. The summed E-state index contributed by atoms with van der Waals surface area (Å²) in [7, 11) is 0. The van der Waals surface area contributed by atoms with E-state index in [2.05, 4.69) is 5.32 Å². The van der Waals surface area contributed by atoms with E-state index < -0.39 is 17.8 Å². The molecule has 1 aliphatic heterocycles. The molecule has 0 radical (unpaired) electrons. The van der Waals surface area contributed by atoms with Gasteiger partial charge >= 0.3 is 5.97 Å². The molecule has 0 spiro atoms. The minimum absolute atomic E-state index is 0.0927. The van der Waals surface area contributed by atoms with Crippen LogP contribution in [0.5, 0.6) is 0 Å². The second-order valence-electron chi connectivity index (χ2n) is 7.31. The lowest BCUT2D eigenvalue weighted by Crippen LogP contribution is -2.28. The van der Waals surface area contributed by atoms with Crippen LogP contribution in [-0.2, 0) is 25.5 Å². The number of rotatable bonds is 6. The van der Waals surface area contributed by atoms with Crippen molar-refractivity contribution >= 4 is 29.2 Å². The molecule has 6 nitrogen and oxygen atoms in total. The molecular weight excluding hydrogens is 368 g/mol. The van der Waals surface area contributed by atoms with E-state index in [0.717, 1.165) is 34.5 Å². The Morgan fingerprint density at radius 2 is 1.79 bits per heavy atom. The van der Waals surface area contributed by atoms with Gasteiger partial charge in [-0.2, -0.15) is 0 Å². The fraction of sp³-hybridized carbons (Fsp3) is 0.348. The van der Waals surface area contributed by atoms with Crippen LogP contribution in [0.3, 0.4) is 0 Å². The number of aryl methyl sites for hydroxylation is 3. The van der Waals surface area contributed by atoms with Crippen molar-refractivity contribution in [1.82, 2.24) is 0 Å². The van der Waals surface area contributed by atoms with Gasteiger partial charge in [-0.15, -0.1) is 0 Å². The first-order chi connectivity index (χ1) is 13.9. The Balaban J connectivity index is 1.58. The highest BCUT2D eigenvalue weighted by molar-refractivity contribution is 6.00. The van der Waals surface area contributed by atoms with Crippen LogP contribution < -0.4 is 10.2 Å². The highest BCUT2D eigenvalue weighted by atomic mass is 16.5. The summed E-state index contributed by atoms with van der Waals surface area (Å²) >= 11 is 0. The summed E-state index contributed by atoms with van der Waals surface area (Å²) in [6, 6.07) is 13.4. The van der Waals surface area contributed by atoms with Gasteiger partial charge in [0.1, 0.15) is 0 Å². The molecule has 6 heteroatoms. The van der Waals surface area contributed by atoms with Crippen LogP contribution in [0.25, 0.3) is 0 Å². The topological polar surface area (TPSA) is 75.7 Å². The first-order valence-corrected chi connectivity index (χ1v) is 9.81. The summed E-state index contributed by atoms with van der Waals surface area (Å²) < 4.78 is 5.20. The van der Waals surface area contributed by atoms with Crippen LogP contribution in [0.2, 0.25) is 0 Å². The van der Waals surface area contributed by atoms with Gasteiger partial charge in [-0.25, -0.2) is 0 Å². The molecule has 3 rings (SSSR count). The van der Waals surface area contributed by atoms with Crippen molar-refractivity contribution in [3.8, 4) is 0 Å². The van der Waals surface area contributed by atoms with Crippen molar-refractivity contribution in [3.05, 3.63) is 59.2 Å². The number of benzene rings is 2. The Bertz CT molecular complexity index is 918. The Morgan fingerprint density at radius 1 is 1.10 bits per heavy atom. The van der Waals surface area contributed by atoms with E-state index in [4.69, 9.17) is 4.74 Å².